The lowest BCUT2D eigenvalue weighted by atomic mass is 10.1. The number of fused-ring (bicyclic) bond motifs is 1. The zero-order valence-corrected chi connectivity index (χ0v) is 16.6. The minimum Gasteiger partial charge on any atom is -0.451 e. The molecule has 0 unspecified atom stereocenters. The van der Waals surface area contributed by atoms with Crippen molar-refractivity contribution in [3.05, 3.63) is 80.5 Å². The molecule has 4 nitrogen and oxygen atoms in total. The van der Waals surface area contributed by atoms with Crippen molar-refractivity contribution in [1.29, 1.82) is 0 Å². The van der Waals surface area contributed by atoms with Crippen molar-refractivity contribution in [3.8, 4) is 0 Å². The average Bonchev–Trinajstić information content (AvgIpc) is 3.18. The van der Waals surface area contributed by atoms with Crippen LogP contribution in [0.25, 0.3) is 11.0 Å². The molecule has 0 spiro atoms. The Morgan fingerprint density at radius 1 is 1.15 bits per heavy atom. The fourth-order valence-electron chi connectivity index (χ4n) is 2.76. The first-order valence-electron chi connectivity index (χ1n) is 8.19. The van der Waals surface area contributed by atoms with E-state index in [2.05, 4.69) is 10.3 Å². The van der Waals surface area contributed by atoms with Crippen LogP contribution in [0.1, 0.15) is 26.7 Å². The molecule has 1 amide bonds. The first-order valence-corrected chi connectivity index (χ1v) is 9.76. The Kier molecular flexibility index (Phi) is 4.91. The van der Waals surface area contributed by atoms with E-state index in [4.69, 9.17) is 27.6 Å². The van der Waals surface area contributed by atoms with E-state index in [-0.39, 0.29) is 11.7 Å². The molecule has 2 aromatic carbocycles. The number of furan rings is 1. The second kappa shape index (κ2) is 7.35. The topological polar surface area (TPSA) is 55.1 Å². The summed E-state index contributed by atoms with van der Waals surface area (Å²) in [5.74, 6) is -0.123. The van der Waals surface area contributed by atoms with Crippen LogP contribution in [0.4, 0.5) is 5.13 Å². The zero-order chi connectivity index (χ0) is 19.0. The van der Waals surface area contributed by atoms with Gasteiger partial charge in [-0.25, -0.2) is 4.98 Å². The van der Waals surface area contributed by atoms with Crippen LogP contribution in [0.15, 0.2) is 52.9 Å². The van der Waals surface area contributed by atoms with Gasteiger partial charge in [0.05, 0.1) is 5.69 Å². The van der Waals surface area contributed by atoms with Gasteiger partial charge in [0, 0.05) is 26.7 Å². The Morgan fingerprint density at radius 2 is 1.96 bits per heavy atom. The summed E-state index contributed by atoms with van der Waals surface area (Å²) in [6, 6.07) is 14.6. The van der Waals surface area contributed by atoms with Gasteiger partial charge in [0.25, 0.3) is 5.91 Å². The van der Waals surface area contributed by atoms with E-state index in [0.717, 1.165) is 21.5 Å². The summed E-state index contributed by atoms with van der Waals surface area (Å²) in [5.41, 5.74) is 2.59. The highest BCUT2D eigenvalue weighted by Crippen LogP contribution is 2.28. The van der Waals surface area contributed by atoms with Crippen LogP contribution in [-0.4, -0.2) is 10.9 Å². The molecule has 0 atom stereocenters. The fraction of sp³-hybridized carbons (Fsp3) is 0.100. The lowest BCUT2D eigenvalue weighted by Crippen LogP contribution is -2.10. The van der Waals surface area contributed by atoms with Gasteiger partial charge in [-0.2, -0.15) is 0 Å². The SMILES string of the molecule is Cc1nc(NC(=O)c2cc3cc(Cl)ccc3o2)sc1Cc1cccc(Cl)c1. The van der Waals surface area contributed by atoms with Crippen molar-refractivity contribution in [2.45, 2.75) is 13.3 Å². The number of nitrogens with one attached hydrogen (secondary N) is 1. The number of hydrogen-bond acceptors (Lipinski definition) is 4. The van der Waals surface area contributed by atoms with Crippen LogP contribution >= 0.6 is 34.5 Å². The summed E-state index contributed by atoms with van der Waals surface area (Å²) in [6.07, 6.45) is 0.711. The third-order valence-electron chi connectivity index (χ3n) is 4.07. The van der Waals surface area contributed by atoms with Gasteiger partial charge >= 0.3 is 0 Å². The molecule has 0 saturated carbocycles. The molecule has 0 aliphatic carbocycles. The predicted molar refractivity (Wildman–Crippen MR) is 110 cm³/mol. The number of aryl methyl sites for hydroxylation is 1. The van der Waals surface area contributed by atoms with E-state index in [1.54, 1.807) is 24.3 Å². The average molecular weight is 417 g/mol. The van der Waals surface area contributed by atoms with Gasteiger partial charge in [-0.05, 0) is 48.9 Å². The summed E-state index contributed by atoms with van der Waals surface area (Å²) in [5, 5.41) is 5.42. The number of rotatable bonds is 4. The number of carbonyl (C=O) groups excluding carboxylic acids is 1. The van der Waals surface area contributed by atoms with Crippen molar-refractivity contribution in [1.82, 2.24) is 4.98 Å². The Labute approximate surface area is 169 Å². The van der Waals surface area contributed by atoms with Crippen molar-refractivity contribution >= 4 is 56.5 Å². The van der Waals surface area contributed by atoms with Crippen molar-refractivity contribution in [2.24, 2.45) is 0 Å². The highest BCUT2D eigenvalue weighted by Gasteiger charge is 2.16. The smallest absolute Gasteiger partial charge is 0.293 e. The molecular weight excluding hydrogens is 403 g/mol. The third kappa shape index (κ3) is 4.00. The van der Waals surface area contributed by atoms with Crippen LogP contribution in [-0.2, 0) is 6.42 Å². The molecule has 0 radical (unpaired) electrons. The van der Waals surface area contributed by atoms with Gasteiger partial charge in [-0.3, -0.25) is 10.1 Å². The molecular formula is C20H14Cl2N2O2S. The monoisotopic (exact) mass is 416 g/mol. The van der Waals surface area contributed by atoms with Crippen LogP contribution in [0.3, 0.4) is 0 Å². The molecule has 4 rings (SSSR count). The molecule has 27 heavy (non-hydrogen) atoms. The van der Waals surface area contributed by atoms with Crippen molar-refractivity contribution in [2.75, 3.05) is 5.32 Å². The summed E-state index contributed by atoms with van der Waals surface area (Å²) >= 11 is 13.5. The Bertz CT molecular complexity index is 1150. The van der Waals surface area contributed by atoms with Gasteiger partial charge in [-0.1, -0.05) is 35.3 Å². The molecule has 136 valence electrons. The van der Waals surface area contributed by atoms with Gasteiger partial charge in [0.2, 0.25) is 0 Å². The lowest BCUT2D eigenvalue weighted by Gasteiger charge is -2.00. The van der Waals surface area contributed by atoms with Crippen LogP contribution in [0.2, 0.25) is 10.0 Å². The first kappa shape index (κ1) is 18.0. The van der Waals surface area contributed by atoms with Crippen LogP contribution < -0.4 is 5.32 Å². The molecule has 1 N–H and O–H groups in total. The summed E-state index contributed by atoms with van der Waals surface area (Å²) in [4.78, 5) is 18.0. The van der Waals surface area contributed by atoms with E-state index in [9.17, 15) is 4.79 Å². The maximum absolute atomic E-state index is 12.5. The molecule has 2 heterocycles. The number of hydrogen-bond donors (Lipinski definition) is 1. The number of carbonyl (C=O) groups is 1. The maximum Gasteiger partial charge on any atom is 0.293 e. The Hall–Kier alpha value is -2.34. The zero-order valence-electron chi connectivity index (χ0n) is 14.3. The maximum atomic E-state index is 12.5. The molecule has 0 aliphatic rings. The van der Waals surface area contributed by atoms with Crippen molar-refractivity contribution < 1.29 is 9.21 Å². The number of benzene rings is 2. The molecule has 4 aromatic rings. The van der Waals surface area contributed by atoms with E-state index in [1.165, 1.54) is 11.3 Å². The van der Waals surface area contributed by atoms with E-state index < -0.39 is 0 Å². The predicted octanol–water partition coefficient (Wildman–Crippen LogP) is 6.35. The third-order valence-corrected chi connectivity index (χ3v) is 5.61. The number of aromatic nitrogens is 1. The lowest BCUT2D eigenvalue weighted by molar-refractivity contribution is 0.0998. The van der Waals surface area contributed by atoms with E-state index in [1.807, 2.05) is 31.2 Å². The second-order valence-electron chi connectivity index (χ2n) is 6.08. The van der Waals surface area contributed by atoms with Crippen LogP contribution in [0, 0.1) is 6.92 Å². The number of halogens is 2. The van der Waals surface area contributed by atoms with Crippen molar-refractivity contribution in [3.63, 3.8) is 0 Å². The quantitative estimate of drug-likeness (QED) is 0.421. The Balaban J connectivity index is 1.52. The Morgan fingerprint density at radius 3 is 2.78 bits per heavy atom. The number of amides is 1. The number of nitrogens with zero attached hydrogens (tertiary/aromatic N) is 1. The first-order chi connectivity index (χ1) is 13.0. The van der Waals surface area contributed by atoms with E-state index >= 15 is 0 Å². The summed E-state index contributed by atoms with van der Waals surface area (Å²) in [6.45, 7) is 1.93. The second-order valence-corrected chi connectivity index (χ2v) is 8.04. The highest BCUT2D eigenvalue weighted by atomic mass is 35.5. The molecule has 2 aromatic heterocycles. The molecule has 0 saturated heterocycles. The highest BCUT2D eigenvalue weighted by molar-refractivity contribution is 7.15. The van der Waals surface area contributed by atoms with Crippen LogP contribution in [0.5, 0.6) is 0 Å². The standard InChI is InChI=1S/C20H14Cl2N2O2S/c1-11-18(8-12-3-2-4-14(21)7-12)27-20(23-11)24-19(25)17-10-13-9-15(22)5-6-16(13)26-17/h2-7,9-10H,8H2,1H3,(H,23,24,25). The minimum absolute atomic E-state index is 0.219. The fourth-order valence-corrected chi connectivity index (χ4v) is 4.15. The molecule has 7 heteroatoms. The molecule has 0 fully saturated rings. The molecule has 0 bridgehead atoms. The van der Waals surface area contributed by atoms with Gasteiger partial charge in [-0.15, -0.1) is 11.3 Å². The summed E-state index contributed by atoms with van der Waals surface area (Å²) < 4.78 is 5.59. The van der Waals surface area contributed by atoms with Gasteiger partial charge in [0.15, 0.2) is 10.9 Å². The summed E-state index contributed by atoms with van der Waals surface area (Å²) in [7, 11) is 0. The number of thiazole rings is 1. The largest absolute Gasteiger partial charge is 0.451 e. The van der Waals surface area contributed by atoms with E-state index in [0.29, 0.717) is 27.2 Å². The normalized spacial score (nSPS) is 11.1. The number of anilines is 1. The van der Waals surface area contributed by atoms with Gasteiger partial charge < -0.3 is 4.42 Å². The van der Waals surface area contributed by atoms with Gasteiger partial charge in [0.1, 0.15) is 5.58 Å². The molecule has 0 aliphatic heterocycles. The minimum atomic E-state index is -0.342.